The molecule has 0 aliphatic heterocycles. The fourth-order valence-electron chi connectivity index (χ4n) is 1.63. The summed E-state index contributed by atoms with van der Waals surface area (Å²) in [6.45, 7) is 0. The van der Waals surface area contributed by atoms with E-state index in [1.165, 1.54) is 18.2 Å². The predicted molar refractivity (Wildman–Crippen MR) is 79.0 cm³/mol. The standard InChI is InChI=1S/C12H12N4O3S/c13-11(14)16-12(15)20-5-6-3-10(18)19-9-4-7(17)1-2-8(6)9/h1-4,17H,5H2,(H5,13,14,15,16). The van der Waals surface area contributed by atoms with E-state index < -0.39 is 5.63 Å². The van der Waals surface area contributed by atoms with Crippen LogP contribution in [0.1, 0.15) is 5.56 Å². The van der Waals surface area contributed by atoms with Gasteiger partial charge in [-0.3, -0.25) is 5.41 Å². The van der Waals surface area contributed by atoms with Crippen LogP contribution in [0, 0.1) is 5.41 Å². The number of aliphatic imine (C=N–C) groups is 1. The van der Waals surface area contributed by atoms with Crippen molar-refractivity contribution in [1.82, 2.24) is 0 Å². The summed E-state index contributed by atoms with van der Waals surface area (Å²) in [5.41, 5.74) is 10.8. The summed E-state index contributed by atoms with van der Waals surface area (Å²) in [6.07, 6.45) is 0. The Balaban J connectivity index is 2.32. The van der Waals surface area contributed by atoms with Gasteiger partial charge in [0.1, 0.15) is 11.3 Å². The number of hydrogen-bond acceptors (Lipinski definition) is 5. The first-order chi connectivity index (χ1) is 9.45. The molecule has 104 valence electrons. The van der Waals surface area contributed by atoms with Gasteiger partial charge in [0, 0.05) is 23.3 Å². The quantitative estimate of drug-likeness (QED) is 0.369. The smallest absolute Gasteiger partial charge is 0.336 e. The lowest BCUT2D eigenvalue weighted by Crippen LogP contribution is -2.23. The van der Waals surface area contributed by atoms with Gasteiger partial charge in [0.15, 0.2) is 11.1 Å². The zero-order valence-corrected chi connectivity index (χ0v) is 11.1. The molecule has 1 heterocycles. The number of nitrogens with one attached hydrogen (secondary N) is 1. The number of hydrogen-bond donors (Lipinski definition) is 4. The molecular formula is C12H12N4O3S. The zero-order valence-electron chi connectivity index (χ0n) is 10.3. The molecule has 0 radical (unpaired) electrons. The van der Waals surface area contributed by atoms with Crippen molar-refractivity contribution in [2.75, 3.05) is 0 Å². The van der Waals surface area contributed by atoms with Crippen LogP contribution in [0.3, 0.4) is 0 Å². The molecule has 0 atom stereocenters. The molecular weight excluding hydrogens is 280 g/mol. The summed E-state index contributed by atoms with van der Waals surface area (Å²) < 4.78 is 5.01. The summed E-state index contributed by atoms with van der Waals surface area (Å²) in [5, 5.41) is 17.6. The van der Waals surface area contributed by atoms with Crippen LogP contribution in [-0.4, -0.2) is 16.2 Å². The SMILES string of the molecule is N=C(N=C(N)N)SCc1cc(=O)oc2cc(O)ccc12. The average molecular weight is 292 g/mol. The highest BCUT2D eigenvalue weighted by atomic mass is 32.2. The van der Waals surface area contributed by atoms with E-state index in [2.05, 4.69) is 4.99 Å². The van der Waals surface area contributed by atoms with Gasteiger partial charge in [-0.1, -0.05) is 11.8 Å². The second-order valence-electron chi connectivity index (χ2n) is 3.90. The summed E-state index contributed by atoms with van der Waals surface area (Å²) in [4.78, 5) is 15.0. The van der Waals surface area contributed by atoms with Crippen LogP contribution in [0.2, 0.25) is 0 Å². The monoisotopic (exact) mass is 292 g/mol. The van der Waals surface area contributed by atoms with Crippen LogP contribution < -0.4 is 17.1 Å². The molecule has 0 fully saturated rings. The highest BCUT2D eigenvalue weighted by molar-refractivity contribution is 8.13. The molecule has 1 aromatic carbocycles. The summed E-state index contributed by atoms with van der Waals surface area (Å²) in [7, 11) is 0. The van der Waals surface area contributed by atoms with Gasteiger partial charge >= 0.3 is 5.63 Å². The average Bonchev–Trinajstić information content (AvgIpc) is 2.34. The van der Waals surface area contributed by atoms with E-state index in [1.54, 1.807) is 6.07 Å². The molecule has 2 aromatic rings. The molecule has 2 rings (SSSR count). The van der Waals surface area contributed by atoms with Crippen molar-refractivity contribution in [2.45, 2.75) is 5.75 Å². The largest absolute Gasteiger partial charge is 0.508 e. The fourth-order valence-corrected chi connectivity index (χ4v) is 2.33. The predicted octanol–water partition coefficient (Wildman–Crippen LogP) is 0.940. The van der Waals surface area contributed by atoms with E-state index in [0.29, 0.717) is 22.3 Å². The van der Waals surface area contributed by atoms with Crippen LogP contribution in [0.25, 0.3) is 11.0 Å². The molecule has 0 amide bonds. The van der Waals surface area contributed by atoms with E-state index in [4.69, 9.17) is 21.3 Å². The number of thioether (sulfide) groups is 1. The second-order valence-corrected chi connectivity index (χ2v) is 4.87. The number of guanidine groups is 1. The second kappa shape index (κ2) is 5.66. The first kappa shape index (κ1) is 13.9. The number of phenols is 1. The Kier molecular flexibility index (Phi) is 3.94. The lowest BCUT2D eigenvalue weighted by molar-refractivity contribution is 0.473. The lowest BCUT2D eigenvalue weighted by atomic mass is 10.1. The van der Waals surface area contributed by atoms with Crippen molar-refractivity contribution >= 4 is 33.9 Å². The van der Waals surface area contributed by atoms with Gasteiger partial charge in [-0.05, 0) is 17.7 Å². The first-order valence-electron chi connectivity index (χ1n) is 5.52. The van der Waals surface area contributed by atoms with E-state index in [9.17, 15) is 9.90 Å². The molecule has 0 aliphatic rings. The number of aromatic hydroxyl groups is 1. The van der Waals surface area contributed by atoms with Crippen LogP contribution in [-0.2, 0) is 5.75 Å². The third-order valence-electron chi connectivity index (χ3n) is 2.41. The van der Waals surface area contributed by atoms with Crippen molar-refractivity contribution in [3.8, 4) is 5.75 Å². The minimum atomic E-state index is -0.521. The highest BCUT2D eigenvalue weighted by Crippen LogP contribution is 2.24. The highest BCUT2D eigenvalue weighted by Gasteiger charge is 2.08. The minimum absolute atomic E-state index is 0.0127. The molecule has 0 saturated heterocycles. The Morgan fingerprint density at radius 3 is 2.85 bits per heavy atom. The number of fused-ring (bicyclic) bond motifs is 1. The minimum Gasteiger partial charge on any atom is -0.508 e. The van der Waals surface area contributed by atoms with E-state index in [1.807, 2.05) is 0 Å². The van der Waals surface area contributed by atoms with Gasteiger partial charge in [-0.15, -0.1) is 0 Å². The van der Waals surface area contributed by atoms with Crippen LogP contribution >= 0.6 is 11.8 Å². The van der Waals surface area contributed by atoms with Crippen LogP contribution in [0.5, 0.6) is 5.75 Å². The molecule has 0 spiro atoms. The van der Waals surface area contributed by atoms with Gasteiger partial charge < -0.3 is 21.0 Å². The lowest BCUT2D eigenvalue weighted by Gasteiger charge is -2.05. The molecule has 8 heteroatoms. The van der Waals surface area contributed by atoms with Crippen molar-refractivity contribution in [3.05, 3.63) is 40.2 Å². The summed E-state index contributed by atoms with van der Waals surface area (Å²) in [6, 6.07) is 5.85. The fraction of sp³-hybridized carbons (Fsp3) is 0.0833. The molecule has 0 unspecified atom stereocenters. The topological polar surface area (TPSA) is 139 Å². The van der Waals surface area contributed by atoms with Gasteiger partial charge in [0.05, 0.1) is 0 Å². The Labute approximate surface area is 117 Å². The number of amidine groups is 1. The Bertz CT molecular complexity index is 750. The Morgan fingerprint density at radius 1 is 1.40 bits per heavy atom. The maximum absolute atomic E-state index is 11.5. The van der Waals surface area contributed by atoms with E-state index >= 15 is 0 Å². The number of nitrogens with zero attached hydrogens (tertiary/aromatic N) is 1. The van der Waals surface area contributed by atoms with Crippen molar-refractivity contribution < 1.29 is 9.52 Å². The van der Waals surface area contributed by atoms with Gasteiger partial charge in [0.25, 0.3) is 0 Å². The van der Waals surface area contributed by atoms with E-state index in [-0.39, 0.29) is 16.9 Å². The third-order valence-corrected chi connectivity index (χ3v) is 3.23. The normalized spacial score (nSPS) is 10.4. The Hall–Kier alpha value is -2.48. The van der Waals surface area contributed by atoms with E-state index in [0.717, 1.165) is 11.8 Å². The molecule has 0 bridgehead atoms. The molecule has 1 aromatic heterocycles. The Morgan fingerprint density at radius 2 is 2.15 bits per heavy atom. The summed E-state index contributed by atoms with van der Waals surface area (Å²) in [5.74, 6) is 0.159. The summed E-state index contributed by atoms with van der Waals surface area (Å²) >= 11 is 1.08. The van der Waals surface area contributed by atoms with Gasteiger partial charge in [-0.25, -0.2) is 4.79 Å². The zero-order chi connectivity index (χ0) is 14.7. The molecule has 7 nitrogen and oxygen atoms in total. The molecule has 0 aliphatic carbocycles. The van der Waals surface area contributed by atoms with Crippen molar-refractivity contribution in [2.24, 2.45) is 16.5 Å². The van der Waals surface area contributed by atoms with Gasteiger partial charge in [0.2, 0.25) is 0 Å². The number of rotatable bonds is 2. The van der Waals surface area contributed by atoms with Crippen LogP contribution in [0.4, 0.5) is 0 Å². The van der Waals surface area contributed by atoms with Crippen molar-refractivity contribution in [3.63, 3.8) is 0 Å². The number of phenolic OH excluding ortho intramolecular Hbond substituents is 1. The maximum atomic E-state index is 11.5. The maximum Gasteiger partial charge on any atom is 0.336 e. The van der Waals surface area contributed by atoms with Crippen molar-refractivity contribution in [1.29, 1.82) is 5.41 Å². The number of benzene rings is 1. The molecule has 0 saturated carbocycles. The molecule has 6 N–H and O–H groups in total. The molecule has 20 heavy (non-hydrogen) atoms. The third kappa shape index (κ3) is 3.29. The van der Waals surface area contributed by atoms with Gasteiger partial charge in [-0.2, -0.15) is 4.99 Å². The number of nitrogens with two attached hydrogens (primary N) is 2. The first-order valence-corrected chi connectivity index (χ1v) is 6.51. The van der Waals surface area contributed by atoms with Crippen LogP contribution in [0.15, 0.2) is 38.5 Å².